The number of halogens is 3. The second-order valence-corrected chi connectivity index (χ2v) is 7.92. The summed E-state index contributed by atoms with van der Waals surface area (Å²) < 4.78 is 43.5. The first-order valence-corrected chi connectivity index (χ1v) is 9.43. The first kappa shape index (κ1) is 18.2. The summed E-state index contributed by atoms with van der Waals surface area (Å²) in [6, 6.07) is 14.3. The molecule has 0 radical (unpaired) electrons. The second kappa shape index (κ2) is 6.88. The molecule has 0 unspecified atom stereocenters. The predicted octanol–water partition coefficient (Wildman–Crippen LogP) is 4.14. The molecule has 0 amide bonds. The van der Waals surface area contributed by atoms with E-state index in [1.165, 1.54) is 6.07 Å². The monoisotopic (exact) mass is 400 g/mol. The molecule has 2 aliphatic heterocycles. The van der Waals surface area contributed by atoms with Gasteiger partial charge in [0.05, 0.1) is 0 Å². The SMILES string of the molecule is Fc1cccc(N2CC3(CN(Cc4ccc(-c5nnc(C(F)F)o5)cc4)C3)C2)c1. The van der Waals surface area contributed by atoms with E-state index in [0.717, 1.165) is 44.0 Å². The molecular weight excluding hydrogens is 381 g/mol. The summed E-state index contributed by atoms with van der Waals surface area (Å²) in [6.07, 6.45) is -2.77. The maximum absolute atomic E-state index is 13.4. The van der Waals surface area contributed by atoms with Crippen molar-refractivity contribution in [2.75, 3.05) is 31.1 Å². The third-order valence-corrected chi connectivity index (χ3v) is 5.58. The smallest absolute Gasteiger partial charge is 0.314 e. The zero-order valence-corrected chi connectivity index (χ0v) is 15.6. The molecule has 5 rings (SSSR count). The zero-order valence-electron chi connectivity index (χ0n) is 15.6. The number of anilines is 1. The molecule has 1 aromatic heterocycles. The molecule has 29 heavy (non-hydrogen) atoms. The van der Waals surface area contributed by atoms with E-state index in [0.29, 0.717) is 11.0 Å². The van der Waals surface area contributed by atoms with E-state index in [2.05, 4.69) is 20.0 Å². The average Bonchev–Trinajstić information content (AvgIpc) is 3.13. The molecule has 2 aliphatic rings. The van der Waals surface area contributed by atoms with Crippen LogP contribution >= 0.6 is 0 Å². The van der Waals surface area contributed by atoms with E-state index < -0.39 is 12.3 Å². The lowest BCUT2D eigenvalue weighted by atomic mass is 9.72. The molecule has 1 spiro atoms. The third kappa shape index (κ3) is 3.48. The van der Waals surface area contributed by atoms with Crippen LogP contribution in [0.5, 0.6) is 0 Å². The van der Waals surface area contributed by atoms with Crippen molar-refractivity contribution >= 4 is 5.69 Å². The molecule has 2 fully saturated rings. The molecule has 3 aromatic rings. The maximum atomic E-state index is 13.4. The van der Waals surface area contributed by atoms with Crippen molar-refractivity contribution in [2.24, 2.45) is 5.41 Å². The Bertz CT molecular complexity index is 1010. The number of hydrogen-bond acceptors (Lipinski definition) is 5. The van der Waals surface area contributed by atoms with Crippen molar-refractivity contribution in [1.82, 2.24) is 15.1 Å². The van der Waals surface area contributed by atoms with Crippen LogP contribution in [0.1, 0.15) is 17.9 Å². The molecular formula is C21H19F3N4O. The van der Waals surface area contributed by atoms with E-state index in [9.17, 15) is 13.2 Å². The van der Waals surface area contributed by atoms with E-state index in [1.54, 1.807) is 12.1 Å². The van der Waals surface area contributed by atoms with Crippen molar-refractivity contribution in [2.45, 2.75) is 13.0 Å². The number of nitrogens with zero attached hydrogens (tertiary/aromatic N) is 4. The Labute approximate surface area is 165 Å². The van der Waals surface area contributed by atoms with Crippen LogP contribution < -0.4 is 4.90 Å². The molecule has 5 nitrogen and oxygen atoms in total. The van der Waals surface area contributed by atoms with Crippen LogP contribution in [0, 0.1) is 11.2 Å². The quantitative estimate of drug-likeness (QED) is 0.644. The highest BCUT2D eigenvalue weighted by Crippen LogP contribution is 2.42. The second-order valence-electron chi connectivity index (χ2n) is 7.92. The molecule has 2 saturated heterocycles. The van der Waals surface area contributed by atoms with Crippen LogP contribution in [0.4, 0.5) is 18.9 Å². The van der Waals surface area contributed by atoms with Crippen molar-refractivity contribution in [3.05, 3.63) is 65.8 Å². The standard InChI is InChI=1S/C21H19F3N4O/c22-16-2-1-3-17(8-16)28-12-21(13-28)10-27(11-21)9-14-4-6-15(7-5-14)19-25-26-20(29-19)18(23)24/h1-8,18H,9-13H2. The number of aromatic nitrogens is 2. The minimum Gasteiger partial charge on any atom is -0.415 e. The minimum atomic E-state index is -2.77. The van der Waals surface area contributed by atoms with Crippen LogP contribution in [0.25, 0.3) is 11.5 Å². The lowest BCUT2D eigenvalue weighted by molar-refractivity contribution is -0.0273. The zero-order chi connectivity index (χ0) is 20.0. The van der Waals surface area contributed by atoms with Gasteiger partial charge in [-0.25, -0.2) is 4.39 Å². The van der Waals surface area contributed by atoms with Crippen LogP contribution in [-0.2, 0) is 6.54 Å². The van der Waals surface area contributed by atoms with E-state index in [1.807, 2.05) is 30.3 Å². The summed E-state index contributed by atoms with van der Waals surface area (Å²) in [7, 11) is 0. The fourth-order valence-electron chi connectivity index (χ4n) is 4.28. The van der Waals surface area contributed by atoms with Gasteiger partial charge in [0.15, 0.2) is 0 Å². The summed E-state index contributed by atoms with van der Waals surface area (Å²) in [4.78, 5) is 4.59. The lowest BCUT2D eigenvalue weighted by Crippen LogP contribution is -2.71. The van der Waals surface area contributed by atoms with Crippen molar-refractivity contribution < 1.29 is 17.6 Å². The first-order valence-electron chi connectivity index (χ1n) is 9.43. The fraction of sp³-hybridized carbons (Fsp3) is 0.333. The average molecular weight is 400 g/mol. The molecule has 150 valence electrons. The van der Waals surface area contributed by atoms with Gasteiger partial charge in [-0.3, -0.25) is 4.90 Å². The highest BCUT2D eigenvalue weighted by atomic mass is 19.3. The Kier molecular flexibility index (Phi) is 4.31. The van der Waals surface area contributed by atoms with E-state index in [4.69, 9.17) is 4.42 Å². The largest absolute Gasteiger partial charge is 0.415 e. The summed E-state index contributed by atoms with van der Waals surface area (Å²) in [5.41, 5.74) is 3.01. The molecule has 2 aromatic carbocycles. The van der Waals surface area contributed by atoms with E-state index in [-0.39, 0.29) is 11.7 Å². The number of hydrogen-bond donors (Lipinski definition) is 0. The number of likely N-dealkylation sites (tertiary alicyclic amines) is 1. The third-order valence-electron chi connectivity index (χ3n) is 5.58. The van der Waals surface area contributed by atoms with Gasteiger partial charge in [0, 0.05) is 49.4 Å². The van der Waals surface area contributed by atoms with Gasteiger partial charge >= 0.3 is 6.43 Å². The Balaban J connectivity index is 1.14. The van der Waals surface area contributed by atoms with Crippen LogP contribution in [0.15, 0.2) is 52.9 Å². The van der Waals surface area contributed by atoms with Crippen molar-refractivity contribution in [3.8, 4) is 11.5 Å². The lowest BCUT2D eigenvalue weighted by Gasteiger charge is -2.61. The van der Waals surface area contributed by atoms with Gasteiger partial charge in [-0.2, -0.15) is 8.78 Å². The van der Waals surface area contributed by atoms with Crippen LogP contribution in [-0.4, -0.2) is 41.3 Å². The van der Waals surface area contributed by atoms with Gasteiger partial charge in [-0.15, -0.1) is 10.2 Å². The Hall–Kier alpha value is -2.87. The summed E-state index contributed by atoms with van der Waals surface area (Å²) in [5, 5.41) is 7.02. The van der Waals surface area contributed by atoms with Crippen molar-refractivity contribution in [1.29, 1.82) is 0 Å². The van der Waals surface area contributed by atoms with Gasteiger partial charge in [-0.05, 0) is 35.9 Å². The van der Waals surface area contributed by atoms with Gasteiger partial charge < -0.3 is 9.32 Å². The number of rotatable bonds is 5. The summed E-state index contributed by atoms with van der Waals surface area (Å²) >= 11 is 0. The van der Waals surface area contributed by atoms with Crippen LogP contribution in [0.3, 0.4) is 0 Å². The number of alkyl halides is 2. The highest BCUT2D eigenvalue weighted by molar-refractivity contribution is 5.53. The summed E-state index contributed by atoms with van der Waals surface area (Å²) in [5.74, 6) is -0.766. The van der Waals surface area contributed by atoms with Gasteiger partial charge in [0.1, 0.15) is 5.82 Å². The number of benzene rings is 2. The molecule has 0 saturated carbocycles. The molecule has 0 bridgehead atoms. The molecule has 3 heterocycles. The molecule has 8 heteroatoms. The normalized spacial score (nSPS) is 18.1. The highest BCUT2D eigenvalue weighted by Gasteiger charge is 2.51. The molecule has 0 N–H and O–H groups in total. The topological polar surface area (TPSA) is 45.4 Å². The summed E-state index contributed by atoms with van der Waals surface area (Å²) in [6.45, 7) is 4.77. The molecule has 0 atom stereocenters. The minimum absolute atomic E-state index is 0.0988. The maximum Gasteiger partial charge on any atom is 0.314 e. The first-order chi connectivity index (χ1) is 14.0. The Morgan fingerprint density at radius 3 is 2.41 bits per heavy atom. The Morgan fingerprint density at radius 2 is 1.76 bits per heavy atom. The van der Waals surface area contributed by atoms with Crippen molar-refractivity contribution in [3.63, 3.8) is 0 Å². The fourth-order valence-corrected chi connectivity index (χ4v) is 4.28. The van der Waals surface area contributed by atoms with E-state index >= 15 is 0 Å². The van der Waals surface area contributed by atoms with Gasteiger partial charge in [0.2, 0.25) is 5.89 Å². The van der Waals surface area contributed by atoms with Gasteiger partial charge in [-0.1, -0.05) is 18.2 Å². The molecule has 0 aliphatic carbocycles. The van der Waals surface area contributed by atoms with Gasteiger partial charge in [0.25, 0.3) is 5.89 Å². The van der Waals surface area contributed by atoms with Crippen LogP contribution in [0.2, 0.25) is 0 Å². The predicted molar refractivity (Wildman–Crippen MR) is 101 cm³/mol. The Morgan fingerprint density at radius 1 is 1.00 bits per heavy atom.